The van der Waals surface area contributed by atoms with Crippen LogP contribution in [0.1, 0.15) is 21.5 Å². The van der Waals surface area contributed by atoms with E-state index in [1.165, 1.54) is 0 Å². The van der Waals surface area contributed by atoms with Crippen LogP contribution in [0.3, 0.4) is 0 Å². The van der Waals surface area contributed by atoms with E-state index in [2.05, 4.69) is 25.3 Å². The van der Waals surface area contributed by atoms with Gasteiger partial charge in [-0.25, -0.2) is 4.98 Å². The van der Waals surface area contributed by atoms with Gasteiger partial charge in [0.2, 0.25) is 0 Å². The highest BCUT2D eigenvalue weighted by molar-refractivity contribution is 5.96. The normalized spacial score (nSPS) is 10.8. The molecular weight excluding hydrogens is 414 g/mol. The predicted molar refractivity (Wildman–Crippen MR) is 126 cm³/mol. The molecule has 2 aromatic carbocycles. The fraction of sp³-hybridized carbons (Fsp3) is 0.0769. The molecule has 3 heterocycles. The number of H-pyrrole nitrogens is 1. The molecule has 0 aliphatic rings. The van der Waals surface area contributed by atoms with Crippen LogP contribution in [-0.2, 0) is 6.54 Å². The third-order valence-corrected chi connectivity index (χ3v) is 5.46. The molecule has 2 N–H and O–H groups in total. The molecule has 0 radical (unpaired) electrons. The van der Waals surface area contributed by atoms with Crippen molar-refractivity contribution in [1.29, 1.82) is 0 Å². The molecule has 0 spiro atoms. The van der Waals surface area contributed by atoms with Crippen molar-refractivity contribution in [3.63, 3.8) is 0 Å². The first-order valence-electron chi connectivity index (χ1n) is 10.5. The molecule has 0 aliphatic carbocycles. The number of pyridine rings is 2. The average Bonchev–Trinajstić information content (AvgIpc) is 3.39. The number of amides is 1. The molecule has 0 unspecified atom stereocenters. The third kappa shape index (κ3) is 4.29. The summed E-state index contributed by atoms with van der Waals surface area (Å²) >= 11 is 0. The molecule has 0 bridgehead atoms. The fourth-order valence-corrected chi connectivity index (χ4v) is 3.66. The van der Waals surface area contributed by atoms with Gasteiger partial charge in [-0.1, -0.05) is 12.1 Å². The Hall–Kier alpha value is -4.52. The smallest absolute Gasteiger partial charge is 0.251 e. The first kappa shape index (κ1) is 20.4. The number of aromatic amines is 1. The number of ether oxygens (including phenoxy) is 1. The van der Waals surface area contributed by atoms with Gasteiger partial charge in [0.25, 0.3) is 5.91 Å². The van der Waals surface area contributed by atoms with Gasteiger partial charge in [-0.05, 0) is 55.0 Å². The summed E-state index contributed by atoms with van der Waals surface area (Å²) < 4.78 is 6.26. The second-order valence-electron chi connectivity index (χ2n) is 7.58. The molecule has 0 atom stereocenters. The summed E-state index contributed by atoms with van der Waals surface area (Å²) in [4.78, 5) is 28.5. The van der Waals surface area contributed by atoms with Crippen molar-refractivity contribution in [2.24, 2.45) is 0 Å². The molecule has 3 aromatic heterocycles. The highest BCUT2D eigenvalue weighted by Crippen LogP contribution is 2.33. The van der Waals surface area contributed by atoms with Gasteiger partial charge in [0.05, 0.1) is 23.7 Å². The number of carbonyl (C=O) groups excluding carboxylic acids is 1. The molecule has 7 heteroatoms. The zero-order valence-electron chi connectivity index (χ0n) is 17.9. The van der Waals surface area contributed by atoms with Gasteiger partial charge in [-0.2, -0.15) is 0 Å². The van der Waals surface area contributed by atoms with Crippen LogP contribution in [0.2, 0.25) is 0 Å². The maximum Gasteiger partial charge on any atom is 0.251 e. The quantitative estimate of drug-likeness (QED) is 0.389. The molecule has 0 saturated carbocycles. The summed E-state index contributed by atoms with van der Waals surface area (Å²) in [6.45, 7) is 2.32. The van der Waals surface area contributed by atoms with E-state index in [1.54, 1.807) is 37.2 Å². The molecule has 0 fully saturated rings. The van der Waals surface area contributed by atoms with E-state index in [9.17, 15) is 4.79 Å². The first-order chi connectivity index (χ1) is 16.2. The Morgan fingerprint density at radius 3 is 2.70 bits per heavy atom. The van der Waals surface area contributed by atoms with Gasteiger partial charge in [0.15, 0.2) is 0 Å². The third-order valence-electron chi connectivity index (χ3n) is 5.46. The standard InChI is InChI=1S/C26H21N5O2/c1-17-20(26(32)30-14-18-7-10-27-11-8-18)3-2-4-24(17)33-25-9-12-29-22-13-19(5-6-21(22)25)23-15-28-16-31-23/h2-13,15-16H,14H2,1H3,(H,28,31)(H,30,32). The van der Waals surface area contributed by atoms with E-state index in [1.807, 2.05) is 55.5 Å². The van der Waals surface area contributed by atoms with E-state index in [0.717, 1.165) is 33.3 Å². The van der Waals surface area contributed by atoms with Crippen molar-refractivity contribution in [3.8, 4) is 22.8 Å². The van der Waals surface area contributed by atoms with Crippen molar-refractivity contribution in [1.82, 2.24) is 25.3 Å². The summed E-state index contributed by atoms with van der Waals surface area (Å²) in [5.74, 6) is 1.14. The number of hydrogen-bond acceptors (Lipinski definition) is 5. The van der Waals surface area contributed by atoms with E-state index in [-0.39, 0.29) is 5.91 Å². The second kappa shape index (κ2) is 8.92. The minimum absolute atomic E-state index is 0.154. The van der Waals surface area contributed by atoms with Gasteiger partial charge in [0, 0.05) is 47.2 Å². The van der Waals surface area contributed by atoms with E-state index in [4.69, 9.17) is 4.74 Å². The molecule has 1 amide bonds. The topological polar surface area (TPSA) is 92.8 Å². The van der Waals surface area contributed by atoms with Crippen LogP contribution >= 0.6 is 0 Å². The Kier molecular flexibility index (Phi) is 5.51. The van der Waals surface area contributed by atoms with Crippen LogP contribution in [0.25, 0.3) is 22.2 Å². The highest BCUT2D eigenvalue weighted by atomic mass is 16.5. The van der Waals surface area contributed by atoms with Gasteiger partial charge in [-0.3, -0.25) is 14.8 Å². The van der Waals surface area contributed by atoms with Crippen molar-refractivity contribution in [2.75, 3.05) is 0 Å². The first-order valence-corrected chi connectivity index (χ1v) is 10.5. The van der Waals surface area contributed by atoms with E-state index in [0.29, 0.717) is 23.6 Å². The maximum atomic E-state index is 12.8. The lowest BCUT2D eigenvalue weighted by atomic mass is 10.1. The van der Waals surface area contributed by atoms with Gasteiger partial charge < -0.3 is 15.0 Å². The number of aromatic nitrogens is 4. The Balaban J connectivity index is 1.40. The molecule has 5 rings (SSSR count). The van der Waals surface area contributed by atoms with Crippen LogP contribution in [0.15, 0.2) is 85.7 Å². The van der Waals surface area contributed by atoms with Crippen molar-refractivity contribution >= 4 is 16.8 Å². The summed E-state index contributed by atoms with van der Waals surface area (Å²) in [6, 6.07) is 17.0. The molecule has 0 aliphatic heterocycles. The van der Waals surface area contributed by atoms with Crippen LogP contribution in [-0.4, -0.2) is 25.8 Å². The Bertz CT molecular complexity index is 1420. The molecular formula is C26H21N5O2. The van der Waals surface area contributed by atoms with Crippen LogP contribution in [0, 0.1) is 6.92 Å². The SMILES string of the molecule is Cc1c(Oc2ccnc3cc(-c4cnc[nH]4)ccc23)cccc1C(=O)NCc1ccncc1. The van der Waals surface area contributed by atoms with Crippen molar-refractivity contribution < 1.29 is 9.53 Å². The number of carbonyl (C=O) groups is 1. The number of fused-ring (bicyclic) bond motifs is 1. The summed E-state index contributed by atoms with van der Waals surface area (Å²) in [5, 5.41) is 3.84. The molecule has 7 nitrogen and oxygen atoms in total. The lowest BCUT2D eigenvalue weighted by Crippen LogP contribution is -2.23. The van der Waals surface area contributed by atoms with Crippen molar-refractivity contribution in [2.45, 2.75) is 13.5 Å². The Morgan fingerprint density at radius 1 is 1.00 bits per heavy atom. The highest BCUT2D eigenvalue weighted by Gasteiger charge is 2.14. The lowest BCUT2D eigenvalue weighted by Gasteiger charge is -2.14. The molecule has 5 aromatic rings. The van der Waals surface area contributed by atoms with Crippen LogP contribution in [0.5, 0.6) is 11.5 Å². The number of imidazole rings is 1. The number of rotatable bonds is 6. The summed E-state index contributed by atoms with van der Waals surface area (Å²) in [6.07, 6.45) is 8.55. The van der Waals surface area contributed by atoms with E-state index >= 15 is 0 Å². The summed E-state index contributed by atoms with van der Waals surface area (Å²) in [5.41, 5.74) is 5.05. The maximum absolute atomic E-state index is 12.8. The second-order valence-corrected chi connectivity index (χ2v) is 7.58. The van der Waals surface area contributed by atoms with Gasteiger partial charge in [-0.15, -0.1) is 0 Å². The number of benzene rings is 2. The summed E-state index contributed by atoms with van der Waals surface area (Å²) in [7, 11) is 0. The molecule has 162 valence electrons. The number of nitrogens with one attached hydrogen (secondary N) is 2. The Morgan fingerprint density at radius 2 is 1.88 bits per heavy atom. The fourth-order valence-electron chi connectivity index (χ4n) is 3.66. The number of nitrogens with zero attached hydrogens (tertiary/aromatic N) is 3. The largest absolute Gasteiger partial charge is 0.456 e. The Labute approximate surface area is 190 Å². The average molecular weight is 435 g/mol. The lowest BCUT2D eigenvalue weighted by molar-refractivity contribution is 0.0950. The molecule has 0 saturated heterocycles. The minimum atomic E-state index is -0.154. The molecule has 33 heavy (non-hydrogen) atoms. The van der Waals surface area contributed by atoms with Crippen LogP contribution < -0.4 is 10.1 Å². The van der Waals surface area contributed by atoms with Crippen molar-refractivity contribution in [3.05, 3.63) is 102 Å². The zero-order valence-corrected chi connectivity index (χ0v) is 17.9. The zero-order chi connectivity index (χ0) is 22.6. The van der Waals surface area contributed by atoms with E-state index < -0.39 is 0 Å². The monoisotopic (exact) mass is 435 g/mol. The van der Waals surface area contributed by atoms with Gasteiger partial charge >= 0.3 is 0 Å². The predicted octanol–water partition coefficient (Wildman–Crippen LogP) is 5.05. The van der Waals surface area contributed by atoms with Crippen LogP contribution in [0.4, 0.5) is 0 Å². The van der Waals surface area contributed by atoms with Gasteiger partial charge in [0.1, 0.15) is 11.5 Å². The minimum Gasteiger partial charge on any atom is -0.456 e. The number of hydrogen-bond donors (Lipinski definition) is 2.